The lowest BCUT2D eigenvalue weighted by molar-refractivity contribution is -0.384. The number of rotatable bonds is 6. The Kier molecular flexibility index (Phi) is 5.28. The van der Waals surface area contributed by atoms with Crippen LogP contribution in [-0.4, -0.2) is 32.3 Å². The van der Waals surface area contributed by atoms with Gasteiger partial charge in [0.05, 0.1) is 27.9 Å². The minimum Gasteiger partial charge on any atom is -0.322 e. The van der Waals surface area contributed by atoms with E-state index in [9.17, 15) is 14.9 Å². The van der Waals surface area contributed by atoms with Gasteiger partial charge in [0.2, 0.25) is 0 Å². The average Bonchev–Trinajstić information content (AvgIpc) is 2.97. The molecule has 132 valence electrons. The second-order valence-corrected chi connectivity index (χ2v) is 6.32. The molecule has 0 saturated heterocycles. The van der Waals surface area contributed by atoms with Crippen molar-refractivity contribution in [2.75, 3.05) is 5.75 Å². The van der Waals surface area contributed by atoms with E-state index in [0.29, 0.717) is 5.56 Å². The minimum absolute atomic E-state index is 0.00467. The topological polar surface area (TPSA) is 102 Å². The number of thioether (sulfide) groups is 1. The molecule has 1 heterocycles. The summed E-state index contributed by atoms with van der Waals surface area (Å²) in [5, 5.41) is 15.2. The highest BCUT2D eigenvalue weighted by molar-refractivity contribution is 7.99. The highest BCUT2D eigenvalue weighted by Crippen LogP contribution is 2.22. The number of benzene rings is 2. The third kappa shape index (κ3) is 4.06. The van der Waals surface area contributed by atoms with E-state index >= 15 is 0 Å². The molecule has 0 aliphatic rings. The maximum Gasteiger partial charge on any atom is 0.269 e. The zero-order valence-corrected chi connectivity index (χ0v) is 14.6. The molecular weight excluding hydrogens is 354 g/mol. The van der Waals surface area contributed by atoms with Crippen LogP contribution in [0.5, 0.6) is 0 Å². The number of hydrogen-bond acceptors (Lipinski definition) is 6. The predicted octanol–water partition coefficient (Wildman–Crippen LogP) is 2.72. The molecule has 8 nitrogen and oxygen atoms in total. The molecule has 0 spiro atoms. The molecule has 0 aliphatic carbocycles. The van der Waals surface area contributed by atoms with Crippen LogP contribution in [0.4, 0.5) is 5.69 Å². The van der Waals surface area contributed by atoms with E-state index in [-0.39, 0.29) is 17.3 Å². The molecular formula is C17H15N5O3S. The van der Waals surface area contributed by atoms with E-state index < -0.39 is 4.92 Å². The number of hydrazone groups is 1. The number of imidazole rings is 1. The van der Waals surface area contributed by atoms with Crippen molar-refractivity contribution >= 4 is 40.6 Å². The number of aryl methyl sites for hydroxylation is 1. The second-order valence-electron chi connectivity index (χ2n) is 5.37. The number of carbonyl (C=O) groups excluding carboxylic acids is 1. The lowest BCUT2D eigenvalue weighted by atomic mass is 10.2. The maximum atomic E-state index is 11.9. The molecule has 0 unspecified atom stereocenters. The summed E-state index contributed by atoms with van der Waals surface area (Å²) in [7, 11) is 1.91. The van der Waals surface area contributed by atoms with Crippen molar-refractivity contribution in [3.05, 3.63) is 64.2 Å². The van der Waals surface area contributed by atoms with Crippen LogP contribution in [0.25, 0.3) is 11.0 Å². The smallest absolute Gasteiger partial charge is 0.269 e. The van der Waals surface area contributed by atoms with Gasteiger partial charge >= 0.3 is 0 Å². The number of hydrogen-bond donors (Lipinski definition) is 1. The SMILES string of the molecule is Cn1c(SCC(=O)N/N=C/c2ccc([N+](=O)[O-])cc2)nc2ccccc21. The Hall–Kier alpha value is -3.20. The first-order valence-electron chi connectivity index (χ1n) is 7.65. The van der Waals surface area contributed by atoms with E-state index in [0.717, 1.165) is 16.2 Å². The summed E-state index contributed by atoms with van der Waals surface area (Å²) in [5.41, 5.74) is 4.98. The molecule has 0 atom stereocenters. The third-order valence-electron chi connectivity index (χ3n) is 3.59. The van der Waals surface area contributed by atoms with Gasteiger partial charge in [-0.2, -0.15) is 5.10 Å². The Balaban J connectivity index is 1.53. The predicted molar refractivity (Wildman–Crippen MR) is 100 cm³/mol. The third-order valence-corrected chi connectivity index (χ3v) is 4.62. The molecule has 9 heteroatoms. The van der Waals surface area contributed by atoms with Gasteiger partial charge in [0, 0.05) is 19.2 Å². The van der Waals surface area contributed by atoms with Gasteiger partial charge in [0.25, 0.3) is 11.6 Å². The molecule has 0 radical (unpaired) electrons. The van der Waals surface area contributed by atoms with Gasteiger partial charge in [0.1, 0.15) is 0 Å². The zero-order valence-electron chi connectivity index (χ0n) is 13.8. The highest BCUT2D eigenvalue weighted by Gasteiger charge is 2.09. The summed E-state index contributed by atoms with van der Waals surface area (Å²) in [4.78, 5) is 26.5. The fraction of sp³-hybridized carbons (Fsp3) is 0.118. The lowest BCUT2D eigenvalue weighted by Crippen LogP contribution is -2.19. The monoisotopic (exact) mass is 369 g/mol. The molecule has 1 aromatic heterocycles. The number of nitro benzene ring substituents is 1. The zero-order chi connectivity index (χ0) is 18.5. The van der Waals surface area contributed by atoms with Gasteiger partial charge in [-0.15, -0.1) is 0 Å². The Morgan fingerprint density at radius 1 is 1.31 bits per heavy atom. The first-order chi connectivity index (χ1) is 12.5. The molecule has 1 amide bonds. The van der Waals surface area contributed by atoms with Crippen LogP contribution in [0.3, 0.4) is 0 Å². The number of para-hydroxylation sites is 2. The van der Waals surface area contributed by atoms with Crippen LogP contribution in [0.1, 0.15) is 5.56 Å². The molecule has 26 heavy (non-hydrogen) atoms. The van der Waals surface area contributed by atoms with Gasteiger partial charge in [-0.3, -0.25) is 14.9 Å². The summed E-state index contributed by atoms with van der Waals surface area (Å²) < 4.78 is 1.94. The van der Waals surface area contributed by atoms with Crippen LogP contribution < -0.4 is 5.43 Å². The number of aromatic nitrogens is 2. The lowest BCUT2D eigenvalue weighted by Gasteiger charge is -2.01. The van der Waals surface area contributed by atoms with Crippen molar-refractivity contribution in [1.29, 1.82) is 0 Å². The van der Waals surface area contributed by atoms with Gasteiger partial charge in [-0.1, -0.05) is 23.9 Å². The van der Waals surface area contributed by atoms with E-state index in [1.165, 1.54) is 30.1 Å². The van der Waals surface area contributed by atoms with Gasteiger partial charge in [-0.05, 0) is 29.8 Å². The van der Waals surface area contributed by atoms with Gasteiger partial charge in [-0.25, -0.2) is 10.4 Å². The molecule has 0 bridgehead atoms. The van der Waals surface area contributed by atoms with E-state index in [4.69, 9.17) is 0 Å². The number of nitrogens with one attached hydrogen (secondary N) is 1. The number of amides is 1. The van der Waals surface area contributed by atoms with E-state index in [1.807, 2.05) is 35.9 Å². The summed E-state index contributed by atoms with van der Waals surface area (Å²) in [6.45, 7) is 0. The van der Waals surface area contributed by atoms with E-state index in [2.05, 4.69) is 15.5 Å². The first kappa shape index (κ1) is 17.6. The number of carbonyl (C=O) groups is 1. The molecule has 3 aromatic rings. The van der Waals surface area contributed by atoms with Crippen LogP contribution >= 0.6 is 11.8 Å². The number of fused-ring (bicyclic) bond motifs is 1. The summed E-state index contributed by atoms with van der Waals surface area (Å²) >= 11 is 1.32. The molecule has 0 aliphatic heterocycles. The van der Waals surface area contributed by atoms with Crippen LogP contribution in [-0.2, 0) is 11.8 Å². The molecule has 0 saturated carbocycles. The fourth-order valence-electron chi connectivity index (χ4n) is 2.28. The summed E-state index contributed by atoms with van der Waals surface area (Å²) in [6, 6.07) is 13.6. The Bertz CT molecular complexity index is 982. The van der Waals surface area contributed by atoms with Crippen molar-refractivity contribution in [3.63, 3.8) is 0 Å². The largest absolute Gasteiger partial charge is 0.322 e. The van der Waals surface area contributed by atoms with Crippen LogP contribution in [0.15, 0.2) is 58.8 Å². The van der Waals surface area contributed by atoms with Gasteiger partial charge < -0.3 is 4.57 Å². The Labute approximate surface area is 153 Å². The van der Waals surface area contributed by atoms with Crippen LogP contribution in [0.2, 0.25) is 0 Å². The summed E-state index contributed by atoms with van der Waals surface area (Å²) in [5.74, 6) is -0.0883. The van der Waals surface area contributed by atoms with Crippen molar-refractivity contribution in [2.24, 2.45) is 12.1 Å². The summed E-state index contributed by atoms with van der Waals surface area (Å²) in [6.07, 6.45) is 1.43. The number of nitro groups is 1. The molecule has 0 fully saturated rings. The Morgan fingerprint density at radius 3 is 2.73 bits per heavy atom. The van der Waals surface area contributed by atoms with Gasteiger partial charge in [0.15, 0.2) is 5.16 Å². The highest BCUT2D eigenvalue weighted by atomic mass is 32.2. The average molecular weight is 369 g/mol. The number of nitrogens with zero attached hydrogens (tertiary/aromatic N) is 4. The first-order valence-corrected chi connectivity index (χ1v) is 8.64. The number of non-ortho nitro benzene ring substituents is 1. The molecule has 1 N–H and O–H groups in total. The quantitative estimate of drug-likeness (QED) is 0.311. The molecule has 3 rings (SSSR count). The minimum atomic E-state index is -0.471. The second kappa shape index (κ2) is 7.79. The maximum absolute atomic E-state index is 11.9. The standard InChI is InChI=1S/C17H15N5O3S/c1-21-15-5-3-2-4-14(15)19-17(21)26-11-16(23)20-18-10-12-6-8-13(9-7-12)22(24)25/h2-10H,11H2,1H3,(H,20,23)/b18-10+. The molecule has 2 aromatic carbocycles. The van der Waals surface area contributed by atoms with Crippen LogP contribution in [0, 0.1) is 10.1 Å². The van der Waals surface area contributed by atoms with Crippen molar-refractivity contribution < 1.29 is 9.72 Å². The van der Waals surface area contributed by atoms with E-state index in [1.54, 1.807) is 12.1 Å². The normalized spacial score (nSPS) is 11.1. The fourth-order valence-corrected chi connectivity index (χ4v) is 3.06. The van der Waals surface area contributed by atoms with Crippen molar-refractivity contribution in [1.82, 2.24) is 15.0 Å². The van der Waals surface area contributed by atoms with Crippen molar-refractivity contribution in [3.8, 4) is 0 Å². The van der Waals surface area contributed by atoms with Crippen molar-refractivity contribution in [2.45, 2.75) is 5.16 Å². The Morgan fingerprint density at radius 2 is 2.04 bits per heavy atom.